The van der Waals surface area contributed by atoms with Gasteiger partial charge in [0.25, 0.3) is 0 Å². The van der Waals surface area contributed by atoms with E-state index in [1.54, 1.807) is 0 Å². The van der Waals surface area contributed by atoms with Crippen LogP contribution in [0, 0.1) is 0 Å². The van der Waals surface area contributed by atoms with Crippen molar-refractivity contribution in [2.75, 3.05) is 0 Å². The Morgan fingerprint density at radius 2 is 1.47 bits per heavy atom. The van der Waals surface area contributed by atoms with Gasteiger partial charge in [-0.1, -0.05) is 78.9 Å². The molecule has 1 atom stereocenters. The average molecular weight is 443 g/mol. The van der Waals surface area contributed by atoms with E-state index < -0.39 is 5.60 Å². The third-order valence-corrected chi connectivity index (χ3v) is 6.87. The van der Waals surface area contributed by atoms with Crippen LogP contribution in [0.15, 0.2) is 114 Å². The Bertz CT molecular complexity index is 1560. The lowest BCUT2D eigenvalue weighted by Gasteiger charge is -2.27. The van der Waals surface area contributed by atoms with Gasteiger partial charge in [0.2, 0.25) is 0 Å². The van der Waals surface area contributed by atoms with Crippen LogP contribution in [0.4, 0.5) is 5.69 Å². The van der Waals surface area contributed by atoms with E-state index in [0.29, 0.717) is 6.42 Å². The zero-order chi connectivity index (χ0) is 23.1. The first-order chi connectivity index (χ1) is 16.7. The summed E-state index contributed by atoms with van der Waals surface area (Å²) in [5.74, 6) is 0. The summed E-state index contributed by atoms with van der Waals surface area (Å²) in [6, 6.07) is 35.0. The van der Waals surface area contributed by atoms with E-state index in [0.717, 1.165) is 34.6 Å². The van der Waals surface area contributed by atoms with Gasteiger partial charge in [0.15, 0.2) is 0 Å². The van der Waals surface area contributed by atoms with E-state index >= 15 is 0 Å². The molecule has 166 valence electrons. The number of para-hydroxylation sites is 1. The van der Waals surface area contributed by atoms with Gasteiger partial charge in [-0.2, -0.15) is 0 Å². The van der Waals surface area contributed by atoms with Crippen LogP contribution in [0.5, 0.6) is 0 Å². The summed E-state index contributed by atoms with van der Waals surface area (Å²) in [7, 11) is 0. The van der Waals surface area contributed by atoms with Crippen molar-refractivity contribution in [1.29, 1.82) is 0 Å². The molecule has 1 aliphatic rings. The summed E-state index contributed by atoms with van der Waals surface area (Å²) in [5.41, 5.74) is 5.94. The summed E-state index contributed by atoms with van der Waals surface area (Å²) < 4.78 is 2.35. The molecule has 0 aliphatic heterocycles. The van der Waals surface area contributed by atoms with Gasteiger partial charge in [0.1, 0.15) is 5.60 Å². The van der Waals surface area contributed by atoms with E-state index in [2.05, 4.69) is 60.0 Å². The zero-order valence-corrected chi connectivity index (χ0v) is 19.1. The highest BCUT2D eigenvalue weighted by Crippen LogP contribution is 2.44. The smallest absolute Gasteiger partial charge is 0.121 e. The van der Waals surface area contributed by atoms with E-state index in [4.69, 9.17) is 4.99 Å². The van der Waals surface area contributed by atoms with E-state index in [-0.39, 0.29) is 0 Å². The van der Waals surface area contributed by atoms with Gasteiger partial charge in [-0.3, -0.25) is 4.99 Å². The number of aryl methyl sites for hydroxylation is 1. The standard InChI is InChI=1S/C31H26N2O/c1-2-33-29-16-10-9-15-26(29)27-19-24(17-18-30(27)33)32-25-20-28(22-11-5-3-6-12-22)31(34,21-25)23-13-7-4-8-14-23/h3-20,34H,2,21H2,1H3. The Labute approximate surface area is 199 Å². The number of fused-ring (bicyclic) bond motifs is 3. The third kappa shape index (κ3) is 3.28. The van der Waals surface area contributed by atoms with Gasteiger partial charge < -0.3 is 9.67 Å². The molecule has 0 amide bonds. The molecule has 1 heterocycles. The lowest BCUT2D eigenvalue weighted by molar-refractivity contribution is 0.113. The maximum absolute atomic E-state index is 11.9. The molecule has 1 N–H and O–H groups in total. The molecule has 4 aromatic carbocycles. The Kier molecular flexibility index (Phi) is 4.93. The predicted octanol–water partition coefficient (Wildman–Crippen LogP) is 7.26. The van der Waals surface area contributed by atoms with Crippen molar-refractivity contribution in [2.24, 2.45) is 4.99 Å². The normalized spacial score (nSPS) is 19.2. The number of hydrogen-bond donors (Lipinski definition) is 1. The van der Waals surface area contributed by atoms with Crippen LogP contribution in [-0.4, -0.2) is 15.4 Å². The van der Waals surface area contributed by atoms with Gasteiger partial charge in [-0.25, -0.2) is 0 Å². The van der Waals surface area contributed by atoms with Crippen molar-refractivity contribution in [3.05, 3.63) is 120 Å². The molecular weight excluding hydrogens is 416 g/mol. The minimum Gasteiger partial charge on any atom is -0.380 e. The van der Waals surface area contributed by atoms with Gasteiger partial charge in [-0.05, 0) is 54.0 Å². The van der Waals surface area contributed by atoms with Gasteiger partial charge >= 0.3 is 0 Å². The molecule has 1 aromatic heterocycles. The first-order valence-corrected chi connectivity index (χ1v) is 11.8. The Morgan fingerprint density at radius 3 is 2.24 bits per heavy atom. The van der Waals surface area contributed by atoms with E-state index in [1.807, 2.05) is 60.7 Å². The predicted molar refractivity (Wildman–Crippen MR) is 142 cm³/mol. The largest absolute Gasteiger partial charge is 0.380 e. The summed E-state index contributed by atoms with van der Waals surface area (Å²) in [6.45, 7) is 3.10. The number of allylic oxidation sites excluding steroid dienone is 1. The third-order valence-electron chi connectivity index (χ3n) is 6.87. The highest BCUT2D eigenvalue weighted by atomic mass is 16.3. The first-order valence-electron chi connectivity index (χ1n) is 11.8. The van der Waals surface area contributed by atoms with Crippen LogP contribution in [0.1, 0.15) is 24.5 Å². The number of aromatic nitrogens is 1. The van der Waals surface area contributed by atoms with E-state index in [1.165, 1.54) is 21.8 Å². The van der Waals surface area contributed by atoms with Crippen molar-refractivity contribution in [3.8, 4) is 0 Å². The maximum Gasteiger partial charge on any atom is 0.121 e. The molecule has 0 saturated heterocycles. The first kappa shape index (κ1) is 20.6. The van der Waals surface area contributed by atoms with Crippen LogP contribution >= 0.6 is 0 Å². The Morgan fingerprint density at radius 1 is 0.794 bits per heavy atom. The van der Waals surface area contributed by atoms with Crippen LogP contribution < -0.4 is 0 Å². The second-order valence-electron chi connectivity index (χ2n) is 8.89. The molecule has 6 rings (SSSR count). The number of aliphatic imine (C=N–C) groups is 1. The number of aliphatic hydroxyl groups is 1. The minimum atomic E-state index is -1.11. The number of hydrogen-bond acceptors (Lipinski definition) is 2. The number of benzene rings is 4. The van der Waals surface area contributed by atoms with E-state index in [9.17, 15) is 5.11 Å². The molecule has 3 nitrogen and oxygen atoms in total. The Hall–Kier alpha value is -3.95. The fourth-order valence-corrected chi connectivity index (χ4v) is 5.30. The van der Waals surface area contributed by atoms with Gasteiger partial charge in [0.05, 0.1) is 5.69 Å². The lowest BCUT2D eigenvalue weighted by atomic mass is 9.84. The van der Waals surface area contributed by atoms with Crippen molar-refractivity contribution in [2.45, 2.75) is 25.5 Å². The molecule has 1 aliphatic carbocycles. The zero-order valence-electron chi connectivity index (χ0n) is 19.1. The SMILES string of the molecule is CCn1c2ccccc2c2cc(N=C3C=C(c4ccccc4)C(O)(c4ccccc4)C3)ccc21. The molecule has 5 aromatic rings. The Balaban J connectivity index is 1.48. The van der Waals surface area contributed by atoms with Crippen molar-refractivity contribution in [3.63, 3.8) is 0 Å². The van der Waals surface area contributed by atoms with Crippen LogP contribution in [0.3, 0.4) is 0 Å². The molecule has 3 heteroatoms. The number of rotatable bonds is 4. The van der Waals surface area contributed by atoms with Crippen molar-refractivity contribution < 1.29 is 5.11 Å². The molecule has 0 spiro atoms. The number of nitrogens with zero attached hydrogens (tertiary/aromatic N) is 2. The topological polar surface area (TPSA) is 37.5 Å². The van der Waals surface area contributed by atoms with Crippen LogP contribution in [0.2, 0.25) is 0 Å². The summed E-state index contributed by atoms with van der Waals surface area (Å²) in [5, 5.41) is 14.4. The second-order valence-corrected chi connectivity index (χ2v) is 8.89. The molecule has 34 heavy (non-hydrogen) atoms. The minimum absolute atomic E-state index is 0.440. The van der Waals surface area contributed by atoms with Crippen LogP contribution in [-0.2, 0) is 12.1 Å². The highest BCUT2D eigenvalue weighted by Gasteiger charge is 2.40. The summed E-state index contributed by atoms with van der Waals surface area (Å²) in [6.07, 6.45) is 2.50. The van der Waals surface area contributed by atoms with Gasteiger partial charge in [0, 0.05) is 40.5 Å². The van der Waals surface area contributed by atoms with Gasteiger partial charge in [-0.15, -0.1) is 0 Å². The lowest BCUT2D eigenvalue weighted by Crippen LogP contribution is -2.25. The fourth-order valence-electron chi connectivity index (χ4n) is 5.30. The summed E-state index contributed by atoms with van der Waals surface area (Å²) >= 11 is 0. The highest BCUT2D eigenvalue weighted by molar-refractivity contribution is 6.11. The van der Waals surface area contributed by atoms with Crippen molar-refractivity contribution in [1.82, 2.24) is 4.57 Å². The summed E-state index contributed by atoms with van der Waals surface area (Å²) in [4.78, 5) is 5.02. The van der Waals surface area contributed by atoms with Crippen LogP contribution in [0.25, 0.3) is 27.4 Å². The monoisotopic (exact) mass is 442 g/mol. The second kappa shape index (κ2) is 8.12. The molecule has 0 fully saturated rings. The quantitative estimate of drug-likeness (QED) is 0.312. The molecule has 1 unspecified atom stereocenters. The maximum atomic E-state index is 11.9. The average Bonchev–Trinajstić information content (AvgIpc) is 3.40. The molecular formula is C31H26N2O. The van der Waals surface area contributed by atoms with Crippen molar-refractivity contribution >= 4 is 38.8 Å². The molecule has 0 bridgehead atoms. The fraction of sp³-hybridized carbons (Fsp3) is 0.129. The molecule has 0 radical (unpaired) electrons. The molecule has 0 saturated carbocycles.